The van der Waals surface area contributed by atoms with Gasteiger partial charge >= 0.3 is 0 Å². The van der Waals surface area contributed by atoms with Crippen LogP contribution in [0.15, 0.2) is 23.4 Å². The summed E-state index contributed by atoms with van der Waals surface area (Å²) in [4.78, 5) is 24.7. The summed E-state index contributed by atoms with van der Waals surface area (Å²) in [5.41, 5.74) is 1.19. The number of carbonyl (C=O) groups excluding carboxylic acids is 2. The Hall–Kier alpha value is -1.38. The molecule has 68 valence electrons. The highest BCUT2D eigenvalue weighted by Gasteiger charge is 2.28. The normalized spacial score (nSPS) is 21.5. The van der Waals surface area contributed by atoms with Gasteiger partial charge in [-0.2, -0.15) is 0 Å². The molecule has 1 saturated heterocycles. The van der Waals surface area contributed by atoms with Crippen LogP contribution >= 0.6 is 0 Å². The van der Waals surface area contributed by atoms with Crippen molar-refractivity contribution in [1.29, 1.82) is 0 Å². The molecule has 3 nitrogen and oxygen atoms in total. The van der Waals surface area contributed by atoms with Gasteiger partial charge in [0.25, 0.3) is 0 Å². The highest BCUT2D eigenvalue weighted by Crippen LogP contribution is 2.21. The minimum absolute atomic E-state index is 0.0102. The minimum Gasteiger partial charge on any atom is -0.365 e. The first kappa shape index (κ1) is 8.23. The second-order valence-electron chi connectivity index (χ2n) is 3.27. The van der Waals surface area contributed by atoms with Crippen molar-refractivity contribution in [1.82, 2.24) is 4.90 Å². The van der Waals surface area contributed by atoms with Crippen molar-refractivity contribution in [2.45, 2.75) is 13.3 Å². The molecule has 0 unspecified atom stereocenters. The van der Waals surface area contributed by atoms with E-state index < -0.39 is 0 Å². The quantitative estimate of drug-likeness (QED) is 0.459. The Kier molecular flexibility index (Phi) is 1.79. The molecule has 2 aliphatic rings. The van der Waals surface area contributed by atoms with Crippen molar-refractivity contribution in [3.63, 3.8) is 0 Å². The van der Waals surface area contributed by atoms with Crippen molar-refractivity contribution in [2.24, 2.45) is 0 Å². The smallest absolute Gasteiger partial charge is 0.202 e. The second kappa shape index (κ2) is 2.83. The maximum absolute atomic E-state index is 11.5. The van der Waals surface area contributed by atoms with Crippen LogP contribution < -0.4 is 0 Å². The van der Waals surface area contributed by atoms with Crippen LogP contribution in [0, 0.1) is 0 Å². The molecule has 0 N–H and O–H groups in total. The lowest BCUT2D eigenvalue weighted by Gasteiger charge is -2.11. The standard InChI is InChI=1S/C10H11NO2/c1-2-7-5-10(13)8(6-9(7)12)11-3-4-11/h5-6H,2-4H2,1H3. The highest BCUT2D eigenvalue weighted by molar-refractivity contribution is 6.19. The molecule has 0 amide bonds. The van der Waals surface area contributed by atoms with Crippen molar-refractivity contribution >= 4 is 11.6 Å². The van der Waals surface area contributed by atoms with Crippen LogP contribution in [0.5, 0.6) is 0 Å². The average Bonchev–Trinajstić information content (AvgIpc) is 2.91. The molecule has 3 heteroatoms. The molecule has 0 aromatic rings. The summed E-state index contributed by atoms with van der Waals surface area (Å²) in [6.45, 7) is 3.69. The highest BCUT2D eigenvalue weighted by atomic mass is 16.1. The summed E-state index contributed by atoms with van der Waals surface area (Å²) >= 11 is 0. The second-order valence-corrected chi connectivity index (χ2v) is 3.27. The van der Waals surface area contributed by atoms with Crippen LogP contribution in [0.25, 0.3) is 0 Å². The summed E-state index contributed by atoms with van der Waals surface area (Å²) in [5, 5.41) is 0. The Bertz CT molecular complexity index is 335. The Morgan fingerprint density at radius 1 is 1.23 bits per heavy atom. The van der Waals surface area contributed by atoms with Gasteiger partial charge in [-0.3, -0.25) is 9.59 Å². The SMILES string of the molecule is CCC1=CC(=O)C(N2CC2)=CC1=O. The predicted octanol–water partition coefficient (Wildman–Crippen LogP) is 0.674. The van der Waals surface area contributed by atoms with Crippen molar-refractivity contribution in [3.05, 3.63) is 23.4 Å². The van der Waals surface area contributed by atoms with Gasteiger partial charge in [-0.1, -0.05) is 6.92 Å². The molecule has 1 aliphatic heterocycles. The first-order valence-corrected chi connectivity index (χ1v) is 4.48. The zero-order valence-corrected chi connectivity index (χ0v) is 7.54. The molecule has 0 saturated carbocycles. The van der Waals surface area contributed by atoms with E-state index in [1.807, 2.05) is 11.8 Å². The van der Waals surface area contributed by atoms with E-state index >= 15 is 0 Å². The minimum atomic E-state index is -0.0195. The summed E-state index contributed by atoms with van der Waals surface area (Å²) in [6.07, 6.45) is 3.57. The van der Waals surface area contributed by atoms with Crippen LogP contribution in [-0.4, -0.2) is 29.6 Å². The summed E-state index contributed by atoms with van der Waals surface area (Å²) in [5.74, 6) is -0.0297. The number of allylic oxidation sites excluding steroid dienone is 3. The molecule has 0 atom stereocenters. The number of carbonyl (C=O) groups is 2. The Balaban J connectivity index is 2.26. The fourth-order valence-corrected chi connectivity index (χ4v) is 1.41. The summed E-state index contributed by atoms with van der Waals surface area (Å²) < 4.78 is 0. The molecule has 0 radical (unpaired) electrons. The molecular formula is C10H11NO2. The van der Waals surface area contributed by atoms with E-state index in [1.54, 1.807) is 0 Å². The number of hydrogen-bond donors (Lipinski definition) is 0. The van der Waals surface area contributed by atoms with E-state index in [0.717, 1.165) is 13.1 Å². The lowest BCUT2D eigenvalue weighted by Crippen LogP contribution is -2.17. The number of hydrogen-bond acceptors (Lipinski definition) is 3. The van der Waals surface area contributed by atoms with Crippen LogP contribution in [0.1, 0.15) is 13.3 Å². The van der Waals surface area contributed by atoms with Gasteiger partial charge in [0.15, 0.2) is 5.78 Å². The van der Waals surface area contributed by atoms with Crippen molar-refractivity contribution in [2.75, 3.05) is 13.1 Å². The van der Waals surface area contributed by atoms with Gasteiger partial charge in [0.2, 0.25) is 5.78 Å². The first-order valence-electron chi connectivity index (χ1n) is 4.48. The molecule has 13 heavy (non-hydrogen) atoms. The molecule has 0 spiro atoms. The van der Waals surface area contributed by atoms with E-state index in [9.17, 15) is 9.59 Å². The van der Waals surface area contributed by atoms with Crippen LogP contribution in [0.4, 0.5) is 0 Å². The molecule has 1 aliphatic carbocycles. The van der Waals surface area contributed by atoms with Gasteiger partial charge in [-0.05, 0) is 12.5 Å². The molecule has 0 aromatic heterocycles. The number of ketones is 2. The molecule has 0 bridgehead atoms. The van der Waals surface area contributed by atoms with Crippen LogP contribution in [0.3, 0.4) is 0 Å². The van der Waals surface area contributed by atoms with Gasteiger partial charge in [-0.15, -0.1) is 0 Å². The summed E-state index contributed by atoms with van der Waals surface area (Å²) in [7, 11) is 0. The average molecular weight is 177 g/mol. The third-order valence-corrected chi connectivity index (χ3v) is 2.31. The number of rotatable bonds is 2. The van der Waals surface area contributed by atoms with E-state index in [4.69, 9.17) is 0 Å². The maximum Gasteiger partial charge on any atom is 0.202 e. The fraction of sp³-hybridized carbons (Fsp3) is 0.400. The Labute approximate surface area is 76.7 Å². The van der Waals surface area contributed by atoms with Gasteiger partial charge in [0.05, 0.1) is 5.70 Å². The zero-order valence-electron chi connectivity index (χ0n) is 7.54. The number of nitrogens with zero attached hydrogens (tertiary/aromatic N) is 1. The third-order valence-electron chi connectivity index (χ3n) is 2.31. The van der Waals surface area contributed by atoms with Gasteiger partial charge in [0.1, 0.15) is 0 Å². The van der Waals surface area contributed by atoms with E-state index in [-0.39, 0.29) is 11.6 Å². The fourth-order valence-electron chi connectivity index (χ4n) is 1.41. The van der Waals surface area contributed by atoms with Crippen LogP contribution in [-0.2, 0) is 9.59 Å². The van der Waals surface area contributed by atoms with Gasteiger partial charge in [0, 0.05) is 24.7 Å². The largest absolute Gasteiger partial charge is 0.365 e. The van der Waals surface area contributed by atoms with Gasteiger partial charge < -0.3 is 4.90 Å². The predicted molar refractivity (Wildman–Crippen MR) is 48.0 cm³/mol. The van der Waals surface area contributed by atoms with Gasteiger partial charge in [-0.25, -0.2) is 0 Å². The molecule has 2 rings (SSSR count). The molecular weight excluding hydrogens is 166 g/mol. The maximum atomic E-state index is 11.5. The van der Waals surface area contributed by atoms with E-state index in [2.05, 4.69) is 0 Å². The van der Waals surface area contributed by atoms with E-state index in [0.29, 0.717) is 17.7 Å². The summed E-state index contributed by atoms with van der Waals surface area (Å²) in [6, 6.07) is 0. The Morgan fingerprint density at radius 2 is 1.92 bits per heavy atom. The van der Waals surface area contributed by atoms with Crippen molar-refractivity contribution in [3.8, 4) is 0 Å². The Morgan fingerprint density at radius 3 is 2.46 bits per heavy atom. The first-order chi connectivity index (χ1) is 6.22. The molecule has 0 aromatic carbocycles. The molecule has 1 fully saturated rings. The van der Waals surface area contributed by atoms with E-state index in [1.165, 1.54) is 12.2 Å². The third kappa shape index (κ3) is 1.41. The zero-order chi connectivity index (χ0) is 9.42. The monoisotopic (exact) mass is 177 g/mol. The lowest BCUT2D eigenvalue weighted by molar-refractivity contribution is -0.115. The lowest BCUT2D eigenvalue weighted by atomic mass is 9.99. The molecule has 1 heterocycles. The van der Waals surface area contributed by atoms with Crippen molar-refractivity contribution < 1.29 is 9.59 Å². The topological polar surface area (TPSA) is 37.1 Å². The van der Waals surface area contributed by atoms with Crippen LogP contribution in [0.2, 0.25) is 0 Å².